The topological polar surface area (TPSA) is 63.2 Å². The molecule has 0 saturated carbocycles. The SMILES string of the molecule is COc1ccc(NC(=O)NCCc2ccc(F)cc2)cn1. The summed E-state index contributed by atoms with van der Waals surface area (Å²) in [5.74, 6) is 0.216. The van der Waals surface area contributed by atoms with Crippen LogP contribution in [0.25, 0.3) is 0 Å². The molecule has 1 aromatic carbocycles. The molecule has 0 atom stereocenters. The normalized spacial score (nSPS) is 10.0. The molecule has 0 aliphatic rings. The number of hydrogen-bond acceptors (Lipinski definition) is 3. The number of benzene rings is 1. The first-order valence-corrected chi connectivity index (χ1v) is 6.47. The number of hydrogen-bond donors (Lipinski definition) is 2. The molecule has 2 N–H and O–H groups in total. The summed E-state index contributed by atoms with van der Waals surface area (Å²) in [5.41, 5.74) is 1.54. The zero-order valence-corrected chi connectivity index (χ0v) is 11.6. The molecule has 0 fully saturated rings. The molecule has 2 aromatic rings. The summed E-state index contributed by atoms with van der Waals surface area (Å²) < 4.78 is 17.7. The average Bonchev–Trinajstić information content (AvgIpc) is 2.50. The van der Waals surface area contributed by atoms with E-state index in [1.807, 2.05) is 0 Å². The van der Waals surface area contributed by atoms with Gasteiger partial charge in [-0.15, -0.1) is 0 Å². The van der Waals surface area contributed by atoms with Crippen molar-refractivity contribution in [3.63, 3.8) is 0 Å². The van der Waals surface area contributed by atoms with Crippen LogP contribution in [-0.2, 0) is 6.42 Å². The van der Waals surface area contributed by atoms with Crippen LogP contribution in [0, 0.1) is 5.82 Å². The van der Waals surface area contributed by atoms with Crippen LogP contribution >= 0.6 is 0 Å². The lowest BCUT2D eigenvalue weighted by atomic mass is 10.1. The number of rotatable bonds is 5. The predicted octanol–water partition coefficient (Wildman–Crippen LogP) is 2.59. The van der Waals surface area contributed by atoms with E-state index < -0.39 is 0 Å². The van der Waals surface area contributed by atoms with Crippen LogP contribution in [0.5, 0.6) is 5.88 Å². The maximum atomic E-state index is 12.7. The minimum absolute atomic E-state index is 0.267. The van der Waals surface area contributed by atoms with Crippen LogP contribution in [0.15, 0.2) is 42.6 Å². The number of anilines is 1. The molecule has 2 rings (SSSR count). The first-order chi connectivity index (χ1) is 10.2. The van der Waals surface area contributed by atoms with Crippen molar-refractivity contribution in [2.45, 2.75) is 6.42 Å². The van der Waals surface area contributed by atoms with E-state index >= 15 is 0 Å². The smallest absolute Gasteiger partial charge is 0.319 e. The van der Waals surface area contributed by atoms with E-state index in [0.717, 1.165) is 5.56 Å². The minimum atomic E-state index is -0.316. The second-order valence-corrected chi connectivity index (χ2v) is 4.35. The Balaban J connectivity index is 1.75. The highest BCUT2D eigenvalue weighted by Gasteiger charge is 2.02. The molecule has 0 bridgehead atoms. The second-order valence-electron chi connectivity index (χ2n) is 4.35. The van der Waals surface area contributed by atoms with Gasteiger partial charge in [-0.1, -0.05) is 12.1 Å². The van der Waals surface area contributed by atoms with Crippen LogP contribution in [0.3, 0.4) is 0 Å². The summed E-state index contributed by atoms with van der Waals surface area (Å²) in [6, 6.07) is 9.24. The molecule has 0 aliphatic heterocycles. The first kappa shape index (κ1) is 14.8. The van der Waals surface area contributed by atoms with E-state index in [-0.39, 0.29) is 11.8 Å². The predicted molar refractivity (Wildman–Crippen MR) is 77.9 cm³/mol. The van der Waals surface area contributed by atoms with Crippen molar-refractivity contribution in [1.82, 2.24) is 10.3 Å². The molecule has 0 aliphatic carbocycles. The number of amides is 2. The number of methoxy groups -OCH3 is 1. The van der Waals surface area contributed by atoms with Gasteiger partial charge in [0.1, 0.15) is 5.82 Å². The van der Waals surface area contributed by atoms with Crippen LogP contribution in [-0.4, -0.2) is 24.7 Å². The highest BCUT2D eigenvalue weighted by atomic mass is 19.1. The summed E-state index contributed by atoms with van der Waals surface area (Å²) >= 11 is 0. The number of ether oxygens (including phenoxy) is 1. The number of carbonyl (C=O) groups is 1. The molecule has 5 nitrogen and oxygen atoms in total. The third-order valence-electron chi connectivity index (χ3n) is 2.82. The molecule has 1 heterocycles. The number of carbonyl (C=O) groups excluding carboxylic acids is 1. The fourth-order valence-electron chi connectivity index (χ4n) is 1.72. The molecule has 21 heavy (non-hydrogen) atoms. The number of nitrogens with one attached hydrogen (secondary N) is 2. The molecular formula is C15H16FN3O2. The molecule has 1 aromatic heterocycles. The molecule has 0 unspecified atom stereocenters. The van der Waals surface area contributed by atoms with E-state index in [1.54, 1.807) is 24.3 Å². The lowest BCUT2D eigenvalue weighted by molar-refractivity contribution is 0.252. The van der Waals surface area contributed by atoms with Crippen molar-refractivity contribution in [3.05, 3.63) is 54.0 Å². The minimum Gasteiger partial charge on any atom is -0.481 e. The fraction of sp³-hybridized carbons (Fsp3) is 0.200. The van der Waals surface area contributed by atoms with Crippen LogP contribution in [0.1, 0.15) is 5.56 Å². The summed E-state index contributed by atoms with van der Waals surface area (Å²) in [6.45, 7) is 0.459. The molecule has 0 spiro atoms. The van der Waals surface area contributed by atoms with Crippen molar-refractivity contribution in [2.24, 2.45) is 0 Å². The summed E-state index contributed by atoms with van der Waals surface area (Å²) in [7, 11) is 1.53. The molecule has 2 amide bonds. The quantitative estimate of drug-likeness (QED) is 0.889. The van der Waals surface area contributed by atoms with Gasteiger partial charge in [0.05, 0.1) is 19.0 Å². The number of nitrogens with zero attached hydrogens (tertiary/aromatic N) is 1. The fourth-order valence-corrected chi connectivity index (χ4v) is 1.72. The highest BCUT2D eigenvalue weighted by molar-refractivity contribution is 5.88. The zero-order chi connectivity index (χ0) is 15.1. The molecule has 110 valence electrons. The van der Waals surface area contributed by atoms with Gasteiger partial charge in [0, 0.05) is 12.6 Å². The van der Waals surface area contributed by atoms with Gasteiger partial charge >= 0.3 is 6.03 Å². The number of aromatic nitrogens is 1. The Bertz CT molecular complexity index is 585. The summed E-state index contributed by atoms with van der Waals surface area (Å²) in [6.07, 6.45) is 2.15. The largest absolute Gasteiger partial charge is 0.481 e. The van der Waals surface area contributed by atoms with Gasteiger partial charge < -0.3 is 15.4 Å². The van der Waals surface area contributed by atoms with E-state index in [2.05, 4.69) is 15.6 Å². The molecular weight excluding hydrogens is 273 g/mol. The summed E-state index contributed by atoms with van der Waals surface area (Å²) in [5, 5.41) is 5.38. The number of halogens is 1. The van der Waals surface area contributed by atoms with Gasteiger partial charge in [-0.25, -0.2) is 14.2 Å². The molecule has 0 saturated heterocycles. The zero-order valence-electron chi connectivity index (χ0n) is 11.6. The number of pyridine rings is 1. The Morgan fingerprint density at radius 3 is 2.62 bits per heavy atom. The van der Waals surface area contributed by atoms with Crippen molar-refractivity contribution >= 4 is 11.7 Å². The van der Waals surface area contributed by atoms with E-state index in [0.29, 0.717) is 24.5 Å². The Morgan fingerprint density at radius 2 is 2.00 bits per heavy atom. The van der Waals surface area contributed by atoms with E-state index in [9.17, 15) is 9.18 Å². The van der Waals surface area contributed by atoms with Gasteiger partial charge in [0.2, 0.25) is 5.88 Å². The monoisotopic (exact) mass is 289 g/mol. The van der Waals surface area contributed by atoms with Gasteiger partial charge in [0.25, 0.3) is 0 Å². The van der Waals surface area contributed by atoms with Crippen molar-refractivity contribution in [2.75, 3.05) is 19.0 Å². The van der Waals surface area contributed by atoms with Gasteiger partial charge in [0.15, 0.2) is 0 Å². The lowest BCUT2D eigenvalue weighted by Gasteiger charge is -2.08. The van der Waals surface area contributed by atoms with E-state index in [4.69, 9.17) is 4.74 Å². The molecule has 6 heteroatoms. The van der Waals surface area contributed by atoms with Gasteiger partial charge in [-0.05, 0) is 30.2 Å². The average molecular weight is 289 g/mol. The Hall–Kier alpha value is -2.63. The Kier molecular flexibility index (Phi) is 5.09. The van der Waals surface area contributed by atoms with Crippen molar-refractivity contribution in [3.8, 4) is 5.88 Å². The maximum Gasteiger partial charge on any atom is 0.319 e. The first-order valence-electron chi connectivity index (χ1n) is 6.47. The number of urea groups is 1. The van der Waals surface area contributed by atoms with Crippen LogP contribution in [0.4, 0.5) is 14.9 Å². The highest BCUT2D eigenvalue weighted by Crippen LogP contribution is 2.10. The maximum absolute atomic E-state index is 12.7. The van der Waals surface area contributed by atoms with Crippen molar-refractivity contribution in [1.29, 1.82) is 0 Å². The Labute approximate surface area is 122 Å². The van der Waals surface area contributed by atoms with E-state index in [1.165, 1.54) is 25.4 Å². The lowest BCUT2D eigenvalue weighted by Crippen LogP contribution is -2.30. The third kappa shape index (κ3) is 4.76. The van der Waals surface area contributed by atoms with Gasteiger partial charge in [-0.3, -0.25) is 0 Å². The standard InChI is InChI=1S/C15H16FN3O2/c1-21-14-7-6-13(10-18-14)19-15(20)17-9-8-11-2-4-12(16)5-3-11/h2-7,10H,8-9H2,1H3,(H2,17,19,20). The van der Waals surface area contributed by atoms with Crippen LogP contribution in [0.2, 0.25) is 0 Å². The summed E-state index contributed by atoms with van der Waals surface area (Å²) in [4.78, 5) is 15.7. The molecule has 0 radical (unpaired) electrons. The van der Waals surface area contributed by atoms with Crippen LogP contribution < -0.4 is 15.4 Å². The van der Waals surface area contributed by atoms with Gasteiger partial charge in [-0.2, -0.15) is 0 Å². The van der Waals surface area contributed by atoms with Crippen molar-refractivity contribution < 1.29 is 13.9 Å². The third-order valence-corrected chi connectivity index (χ3v) is 2.82. The Morgan fingerprint density at radius 1 is 1.24 bits per heavy atom. The second kappa shape index (κ2) is 7.23.